The van der Waals surface area contributed by atoms with E-state index < -0.39 is 21.7 Å². The number of ketones is 2. The monoisotopic (exact) mass is 1790 g/mol. The number of carbonyl (C=O) groups is 2. The molecule has 120 heavy (non-hydrogen) atoms. The molecule has 2 aliphatic carbocycles. The van der Waals surface area contributed by atoms with E-state index in [-0.39, 0.29) is 56.6 Å². The van der Waals surface area contributed by atoms with Crippen LogP contribution < -0.4 is 10.2 Å². The zero-order valence-corrected chi connectivity index (χ0v) is 78.7. The van der Waals surface area contributed by atoms with Crippen LogP contribution in [0, 0.1) is 22.7 Å². The minimum Gasteiger partial charge on any atom is -0.871 e. The van der Waals surface area contributed by atoms with Crippen LogP contribution in [0.3, 0.4) is 0 Å². The molecule has 0 saturated heterocycles. The van der Waals surface area contributed by atoms with Gasteiger partial charge in [0.1, 0.15) is 33.9 Å². The van der Waals surface area contributed by atoms with Crippen molar-refractivity contribution in [1.82, 2.24) is 0 Å². The molecule has 20 heteroatoms. The Bertz CT molecular complexity index is 5050. The van der Waals surface area contributed by atoms with Gasteiger partial charge >= 0.3 is 23.0 Å². The third-order valence-electron chi connectivity index (χ3n) is 21.2. The Morgan fingerprint density at radius 3 is 1.02 bits per heavy atom. The van der Waals surface area contributed by atoms with E-state index >= 15 is 0 Å². The third-order valence-corrected chi connectivity index (χ3v) is 24.1. The second-order valence-electron chi connectivity index (χ2n) is 36.2. The van der Waals surface area contributed by atoms with Crippen LogP contribution in [0.2, 0.25) is 40.2 Å². The van der Waals surface area contributed by atoms with Crippen molar-refractivity contribution in [3.05, 3.63) is 264 Å². The molecule has 10 rings (SSSR count). The summed E-state index contributed by atoms with van der Waals surface area (Å²) in [6.45, 7) is 40.1. The van der Waals surface area contributed by atoms with Gasteiger partial charge in [0.15, 0.2) is 11.6 Å². The fourth-order valence-electron chi connectivity index (χ4n) is 13.6. The van der Waals surface area contributed by atoms with Crippen LogP contribution in [-0.2, 0) is 48.8 Å². The van der Waals surface area contributed by atoms with Crippen molar-refractivity contribution in [1.29, 1.82) is 0 Å². The molecule has 0 saturated carbocycles. The first-order chi connectivity index (χ1) is 56.4. The SMILES string of the molecule is CC(C)(C)OCC(C)(C)C1=CC(=CC2=C([O-])C(=Cc3cc(-c4ccc(Cl)c(Cl)c4)[o+]c(C(C)(C)COC(C)(C)C)c3)C2=O)C=C(c2ccc(Cl)c(Cl)c2)O1.CCCCC(CCCC)COCC(C)(C)C1=CC(=CC2=C([O-])C(=Cc3cc(-c4ccc(Cl)c(Cl)c4)[o+]c(C(C)(C)COCC(CCCC)CCCC)c3)C2=O)C=C(c2ccc(Cl)c(Cl)c2)O1. The highest BCUT2D eigenvalue weighted by Gasteiger charge is 2.40. The summed E-state index contributed by atoms with van der Waals surface area (Å²) in [7, 11) is 0. The van der Waals surface area contributed by atoms with E-state index in [4.69, 9.17) is 130 Å². The number of carbonyl (C=O) groups excluding carboxylic acids is 2. The van der Waals surface area contributed by atoms with Crippen LogP contribution in [0.5, 0.6) is 0 Å². The van der Waals surface area contributed by atoms with Crippen molar-refractivity contribution in [2.24, 2.45) is 22.7 Å². The van der Waals surface area contributed by atoms with Gasteiger partial charge in [0.25, 0.3) is 0 Å². The largest absolute Gasteiger partial charge is 0.871 e. The lowest BCUT2D eigenvalue weighted by molar-refractivity contribution is -0.301. The van der Waals surface area contributed by atoms with Gasteiger partial charge in [-0.2, -0.15) is 0 Å². The molecule has 0 spiro atoms. The topological polar surface area (TPSA) is 158 Å². The van der Waals surface area contributed by atoms with Crippen LogP contribution in [0.25, 0.3) is 46.3 Å². The summed E-state index contributed by atoms with van der Waals surface area (Å²) in [5.74, 6) is 4.08. The standard InChI is InChI=1S/C56H70Cl4O6.C44H46Cl4O6/c1-9-13-17-37(18-14-10-2)33-63-35-55(5,6)51-29-39(27-49(65-51)41-21-23-45(57)47(59)31-41)25-43-53(61)44(54(43)62)26-40-28-50(42-22-24-46(58)48(60)32-42)66-52(30-40)56(7,8)36-64-34-38(19-15-11-3)20-16-12-4;1-41(2,3)51-23-43(7,8)37-19-25(17-35(53-37)27-11-13-31(45)33(47)21-27)15-29-39(49)30(40(29)50)16-26-18-36(28-12-14-32(46)34(48)22-28)54-38(20-26)44(9,10)24-52-42(4,5)6/h21-32,37-38H,9-20,33-36H2,1-8H3;11-22H,23-24H2,1-10H3. The molecule has 2 aliphatic heterocycles. The van der Waals surface area contributed by atoms with Crippen molar-refractivity contribution < 1.29 is 57.1 Å². The molecular formula is C100H116Cl8O12. The molecule has 4 heterocycles. The molecular weight excluding hydrogens is 1680 g/mol. The van der Waals surface area contributed by atoms with E-state index in [0.29, 0.717) is 182 Å². The lowest BCUT2D eigenvalue weighted by Crippen LogP contribution is -2.31. The molecule has 0 radical (unpaired) electrons. The molecule has 0 fully saturated rings. The Labute approximate surface area is 752 Å². The summed E-state index contributed by atoms with van der Waals surface area (Å²) in [5, 5.41) is 30.9. The number of hydrogen-bond donors (Lipinski definition) is 0. The number of hydrogen-bond acceptors (Lipinski definition) is 10. The number of halogens is 8. The normalized spacial score (nSPS) is 16.4. The summed E-state index contributed by atoms with van der Waals surface area (Å²) in [6, 6.07) is 28.3. The van der Waals surface area contributed by atoms with E-state index in [0.717, 1.165) is 51.4 Å². The van der Waals surface area contributed by atoms with E-state index in [1.165, 1.54) is 25.7 Å². The molecule has 2 aromatic heterocycles. The number of Topliss-reactive ketones (excluding diaryl/α,β-unsaturated/α-hetero) is 2. The summed E-state index contributed by atoms with van der Waals surface area (Å²) < 4.78 is 51.1. The van der Waals surface area contributed by atoms with Gasteiger partial charge in [0.2, 0.25) is 0 Å². The fourth-order valence-corrected chi connectivity index (χ4v) is 14.8. The molecule has 644 valence electrons. The maximum Gasteiger partial charge on any atom is 0.360 e. The molecule has 0 N–H and O–H groups in total. The van der Waals surface area contributed by atoms with Crippen molar-refractivity contribution in [3.8, 4) is 22.6 Å². The Kier molecular flexibility index (Phi) is 34.2. The van der Waals surface area contributed by atoms with Crippen molar-refractivity contribution >= 4 is 128 Å². The minimum absolute atomic E-state index is 0.0618. The molecule has 6 aromatic rings. The smallest absolute Gasteiger partial charge is 0.360 e. The average Bonchev–Trinajstić information content (AvgIpc) is 0.763. The predicted molar refractivity (Wildman–Crippen MR) is 492 cm³/mol. The Morgan fingerprint density at radius 1 is 0.383 bits per heavy atom. The van der Waals surface area contributed by atoms with Gasteiger partial charge in [-0.1, -0.05) is 211 Å². The van der Waals surface area contributed by atoms with Gasteiger partial charge in [-0.05, 0) is 250 Å². The highest BCUT2D eigenvalue weighted by molar-refractivity contribution is 6.43. The Morgan fingerprint density at radius 2 is 0.692 bits per heavy atom. The first-order valence-electron chi connectivity index (χ1n) is 41.7. The van der Waals surface area contributed by atoms with Gasteiger partial charge in [-0.3, -0.25) is 9.59 Å². The summed E-state index contributed by atoms with van der Waals surface area (Å²) in [6.07, 6.45) is 27.8. The lowest BCUT2D eigenvalue weighted by Gasteiger charge is -2.34. The van der Waals surface area contributed by atoms with Gasteiger partial charge < -0.3 is 38.6 Å². The summed E-state index contributed by atoms with van der Waals surface area (Å²) in [5.41, 5.74) is 2.59. The van der Waals surface area contributed by atoms with Gasteiger partial charge in [-0.25, -0.2) is 8.83 Å². The lowest BCUT2D eigenvalue weighted by atomic mass is 9.83. The maximum absolute atomic E-state index is 14.0. The zero-order valence-electron chi connectivity index (χ0n) is 72.7. The first kappa shape index (κ1) is 97.1. The Hall–Kier alpha value is -6.72. The van der Waals surface area contributed by atoms with Crippen molar-refractivity contribution in [2.75, 3.05) is 39.6 Å². The van der Waals surface area contributed by atoms with Crippen LogP contribution in [0.15, 0.2) is 199 Å². The number of ether oxygens (including phenoxy) is 6. The minimum atomic E-state index is -0.570. The van der Waals surface area contributed by atoms with Crippen LogP contribution in [0.1, 0.15) is 235 Å². The number of unbranched alkanes of at least 4 members (excludes halogenated alkanes) is 4. The molecule has 0 amide bonds. The van der Waals surface area contributed by atoms with Crippen LogP contribution in [0.4, 0.5) is 0 Å². The molecule has 0 unspecified atom stereocenters. The summed E-state index contributed by atoms with van der Waals surface area (Å²) >= 11 is 50.7. The molecule has 4 aliphatic rings. The number of allylic oxidation sites excluding steroid dienone is 12. The molecule has 0 bridgehead atoms. The quantitative estimate of drug-likeness (QED) is 0.0271. The van der Waals surface area contributed by atoms with E-state index in [1.54, 1.807) is 97.1 Å². The van der Waals surface area contributed by atoms with Crippen molar-refractivity contribution in [2.45, 2.75) is 224 Å². The predicted octanol–water partition coefficient (Wildman–Crippen LogP) is 28.9. The fraction of sp³-hybridized carbons (Fsp3) is 0.440. The van der Waals surface area contributed by atoms with Gasteiger partial charge in [-0.15, -0.1) is 0 Å². The summed E-state index contributed by atoms with van der Waals surface area (Å²) in [4.78, 5) is 27.8. The second-order valence-corrected chi connectivity index (χ2v) is 39.5. The van der Waals surface area contributed by atoms with E-state index in [1.807, 2.05) is 118 Å². The van der Waals surface area contributed by atoms with E-state index in [2.05, 4.69) is 55.4 Å². The molecule has 4 aromatic carbocycles. The van der Waals surface area contributed by atoms with Crippen LogP contribution in [-0.4, -0.2) is 62.4 Å². The van der Waals surface area contributed by atoms with Crippen LogP contribution >= 0.6 is 92.8 Å². The number of benzene rings is 4. The van der Waals surface area contributed by atoms with Gasteiger partial charge in [0, 0.05) is 69.6 Å². The highest BCUT2D eigenvalue weighted by Crippen LogP contribution is 2.45. The molecule has 0 atom stereocenters. The molecule has 12 nitrogen and oxygen atoms in total. The van der Waals surface area contributed by atoms with Crippen molar-refractivity contribution in [3.63, 3.8) is 0 Å². The van der Waals surface area contributed by atoms with E-state index in [9.17, 15) is 19.8 Å². The zero-order chi connectivity index (χ0) is 88.0. The third kappa shape index (κ3) is 26.7. The second kappa shape index (κ2) is 42.3. The maximum atomic E-state index is 14.0. The average molecular weight is 1790 g/mol. The van der Waals surface area contributed by atoms with Gasteiger partial charge in [0.05, 0.1) is 101 Å². The Balaban J connectivity index is 0.000000278. The number of rotatable bonds is 36. The first-order valence-corrected chi connectivity index (χ1v) is 44.7. The highest BCUT2D eigenvalue weighted by atomic mass is 35.5.